The molecule has 0 spiro atoms. The van der Waals surface area contributed by atoms with Crippen LogP contribution in [0, 0.1) is 0 Å². The van der Waals surface area contributed by atoms with Crippen LogP contribution in [-0.2, 0) is 0 Å². The van der Waals surface area contributed by atoms with Crippen LogP contribution in [0.5, 0.6) is 5.75 Å². The minimum atomic E-state index is -0.963. The van der Waals surface area contributed by atoms with Crippen LogP contribution in [0.4, 0.5) is 0 Å². The van der Waals surface area contributed by atoms with Gasteiger partial charge in [0.1, 0.15) is 5.75 Å². The molecule has 0 aliphatic heterocycles. The van der Waals surface area contributed by atoms with Crippen molar-refractivity contribution in [2.24, 2.45) is 0 Å². The van der Waals surface area contributed by atoms with Crippen LogP contribution >= 0.6 is 0 Å². The highest BCUT2D eigenvalue weighted by Crippen LogP contribution is 2.39. The fourth-order valence-corrected chi connectivity index (χ4v) is 2.05. The van der Waals surface area contributed by atoms with Gasteiger partial charge in [0.05, 0.1) is 18.5 Å². The molecule has 1 aromatic heterocycles. The number of methoxy groups -OCH3 is 1. The van der Waals surface area contributed by atoms with E-state index in [9.17, 15) is 9.90 Å². The molecule has 1 aliphatic rings. The van der Waals surface area contributed by atoms with E-state index in [0.29, 0.717) is 5.92 Å². The maximum absolute atomic E-state index is 11.3. The smallest absolute Gasteiger partial charge is 0.354 e. The average molecular weight is 258 g/mol. The number of carbonyl (C=O) groups is 1. The van der Waals surface area contributed by atoms with Crippen molar-refractivity contribution in [1.29, 1.82) is 0 Å². The molecule has 0 atom stereocenters. The number of ether oxygens (including phenoxy) is 1. The zero-order valence-electron chi connectivity index (χ0n) is 10.5. The van der Waals surface area contributed by atoms with E-state index in [2.05, 4.69) is 5.10 Å². The molecule has 0 bridgehead atoms. The monoisotopic (exact) mass is 258 g/mol. The topological polar surface area (TPSA) is 64.4 Å². The molecule has 1 heterocycles. The molecule has 19 heavy (non-hydrogen) atoms. The van der Waals surface area contributed by atoms with Crippen molar-refractivity contribution in [2.75, 3.05) is 7.11 Å². The van der Waals surface area contributed by atoms with Crippen molar-refractivity contribution in [2.45, 2.75) is 18.8 Å². The molecule has 1 aromatic carbocycles. The van der Waals surface area contributed by atoms with Crippen LogP contribution < -0.4 is 4.74 Å². The Morgan fingerprint density at radius 3 is 2.58 bits per heavy atom. The van der Waals surface area contributed by atoms with E-state index in [-0.39, 0.29) is 5.69 Å². The Morgan fingerprint density at radius 2 is 2.05 bits per heavy atom. The Hall–Kier alpha value is -2.30. The largest absolute Gasteiger partial charge is 0.497 e. The van der Waals surface area contributed by atoms with E-state index in [4.69, 9.17) is 4.74 Å². The summed E-state index contributed by atoms with van der Waals surface area (Å²) >= 11 is 0. The lowest BCUT2D eigenvalue weighted by Gasteiger charge is -2.05. The van der Waals surface area contributed by atoms with Gasteiger partial charge in [-0.1, -0.05) is 0 Å². The lowest BCUT2D eigenvalue weighted by Crippen LogP contribution is -2.07. The van der Waals surface area contributed by atoms with Gasteiger partial charge in [0.15, 0.2) is 5.69 Å². The Bertz CT molecular complexity index is 612. The number of hydrogen-bond acceptors (Lipinski definition) is 3. The fraction of sp³-hybridized carbons (Fsp3) is 0.286. The Balaban J connectivity index is 2.03. The van der Waals surface area contributed by atoms with Gasteiger partial charge in [-0.2, -0.15) is 5.10 Å². The van der Waals surface area contributed by atoms with Crippen molar-refractivity contribution in [3.05, 3.63) is 41.7 Å². The van der Waals surface area contributed by atoms with E-state index < -0.39 is 5.97 Å². The molecule has 0 unspecified atom stereocenters. The summed E-state index contributed by atoms with van der Waals surface area (Å²) in [7, 11) is 1.59. The molecule has 3 rings (SSSR count). The van der Waals surface area contributed by atoms with Crippen LogP contribution in [0.15, 0.2) is 30.3 Å². The molecule has 1 saturated carbocycles. The number of carboxylic acids is 1. The zero-order valence-corrected chi connectivity index (χ0v) is 10.5. The zero-order chi connectivity index (χ0) is 13.4. The summed E-state index contributed by atoms with van der Waals surface area (Å²) in [6.45, 7) is 0. The highest BCUT2D eigenvalue weighted by atomic mass is 16.5. The fourth-order valence-electron chi connectivity index (χ4n) is 2.05. The van der Waals surface area contributed by atoms with Crippen LogP contribution in [-0.4, -0.2) is 28.0 Å². The van der Waals surface area contributed by atoms with Crippen molar-refractivity contribution in [3.8, 4) is 11.4 Å². The molecule has 1 fully saturated rings. The highest BCUT2D eigenvalue weighted by Gasteiger charge is 2.28. The third-order valence-corrected chi connectivity index (χ3v) is 3.26. The second kappa shape index (κ2) is 4.42. The number of nitrogens with zero attached hydrogens (tertiary/aromatic N) is 2. The van der Waals surface area contributed by atoms with Gasteiger partial charge in [-0.15, -0.1) is 0 Å². The number of carboxylic acid groups (broad SMARTS) is 1. The number of aromatic nitrogens is 2. The van der Waals surface area contributed by atoms with E-state index in [0.717, 1.165) is 30.0 Å². The average Bonchev–Trinajstić information content (AvgIpc) is 3.17. The molecular formula is C14H14N2O3. The summed E-state index contributed by atoms with van der Waals surface area (Å²) in [6, 6.07) is 8.85. The normalized spacial score (nSPS) is 14.4. The summed E-state index contributed by atoms with van der Waals surface area (Å²) in [6.07, 6.45) is 2.19. The highest BCUT2D eigenvalue weighted by molar-refractivity contribution is 5.86. The predicted molar refractivity (Wildman–Crippen MR) is 69.1 cm³/mol. The molecule has 1 N–H and O–H groups in total. The maximum atomic E-state index is 11.3. The Labute approximate surface area is 110 Å². The first kappa shape index (κ1) is 11.8. The van der Waals surface area contributed by atoms with Crippen LogP contribution in [0.3, 0.4) is 0 Å². The maximum Gasteiger partial charge on any atom is 0.354 e. The molecule has 0 amide bonds. The summed E-state index contributed by atoms with van der Waals surface area (Å²) in [4.78, 5) is 11.3. The second-order valence-electron chi connectivity index (χ2n) is 4.64. The Kier molecular flexibility index (Phi) is 2.74. The molecule has 1 aliphatic carbocycles. The third-order valence-electron chi connectivity index (χ3n) is 3.26. The van der Waals surface area contributed by atoms with Crippen LogP contribution in [0.2, 0.25) is 0 Å². The molecule has 0 saturated heterocycles. The summed E-state index contributed by atoms with van der Waals surface area (Å²) < 4.78 is 6.57. The number of hydrogen-bond donors (Lipinski definition) is 1. The summed E-state index contributed by atoms with van der Waals surface area (Å²) in [5, 5.41) is 13.7. The quantitative estimate of drug-likeness (QED) is 0.914. The van der Waals surface area contributed by atoms with Gasteiger partial charge in [0.25, 0.3) is 0 Å². The first-order chi connectivity index (χ1) is 9.19. The minimum Gasteiger partial charge on any atom is -0.497 e. The van der Waals surface area contributed by atoms with E-state index in [1.54, 1.807) is 37.4 Å². The van der Waals surface area contributed by atoms with E-state index in [1.165, 1.54) is 4.68 Å². The molecular weight excluding hydrogens is 244 g/mol. The molecule has 2 aromatic rings. The summed E-state index contributed by atoms with van der Waals surface area (Å²) in [5.74, 6) is 0.197. The van der Waals surface area contributed by atoms with Gasteiger partial charge in [-0.25, -0.2) is 9.48 Å². The first-order valence-corrected chi connectivity index (χ1v) is 6.16. The third kappa shape index (κ3) is 2.19. The first-order valence-electron chi connectivity index (χ1n) is 6.16. The lowest BCUT2D eigenvalue weighted by molar-refractivity contribution is 0.0687. The predicted octanol–water partition coefficient (Wildman–Crippen LogP) is 2.46. The molecule has 5 heteroatoms. The SMILES string of the molecule is COc1ccc(-n2nc(C3CC3)cc2C(=O)O)cc1. The van der Waals surface area contributed by atoms with Gasteiger partial charge < -0.3 is 9.84 Å². The minimum absolute atomic E-state index is 0.201. The van der Waals surface area contributed by atoms with Crippen molar-refractivity contribution < 1.29 is 14.6 Å². The van der Waals surface area contributed by atoms with E-state index >= 15 is 0 Å². The van der Waals surface area contributed by atoms with Gasteiger partial charge in [0, 0.05) is 5.92 Å². The van der Waals surface area contributed by atoms with Crippen molar-refractivity contribution in [3.63, 3.8) is 0 Å². The molecule has 5 nitrogen and oxygen atoms in total. The molecule has 0 radical (unpaired) electrons. The van der Waals surface area contributed by atoms with Gasteiger partial charge in [-0.05, 0) is 43.2 Å². The second-order valence-corrected chi connectivity index (χ2v) is 4.64. The van der Waals surface area contributed by atoms with Gasteiger partial charge in [0.2, 0.25) is 0 Å². The van der Waals surface area contributed by atoms with Crippen molar-refractivity contribution >= 4 is 5.97 Å². The molecule has 98 valence electrons. The number of aromatic carboxylic acids is 1. The number of benzene rings is 1. The number of rotatable bonds is 4. The van der Waals surface area contributed by atoms with Gasteiger partial charge >= 0.3 is 5.97 Å². The van der Waals surface area contributed by atoms with Crippen LogP contribution in [0.25, 0.3) is 5.69 Å². The van der Waals surface area contributed by atoms with Crippen molar-refractivity contribution in [1.82, 2.24) is 9.78 Å². The lowest BCUT2D eigenvalue weighted by atomic mass is 10.2. The van der Waals surface area contributed by atoms with E-state index in [1.807, 2.05) is 0 Å². The standard InChI is InChI=1S/C14H14N2O3/c1-19-11-6-4-10(5-7-11)16-13(14(17)18)8-12(15-16)9-2-3-9/h4-9H,2-3H2,1H3,(H,17,18). The van der Waals surface area contributed by atoms with Crippen LogP contribution in [0.1, 0.15) is 34.9 Å². The van der Waals surface area contributed by atoms with Gasteiger partial charge in [-0.3, -0.25) is 0 Å². The Morgan fingerprint density at radius 1 is 1.37 bits per heavy atom. The summed E-state index contributed by atoms with van der Waals surface area (Å²) in [5.41, 5.74) is 1.80.